The predicted octanol–water partition coefficient (Wildman–Crippen LogP) is 1.10. The van der Waals surface area contributed by atoms with Crippen LogP contribution in [0.5, 0.6) is 0 Å². The van der Waals surface area contributed by atoms with Crippen LogP contribution in [0.3, 0.4) is 0 Å². The molecule has 8 nitrogen and oxygen atoms in total. The molecule has 176 valence electrons. The average Bonchev–Trinajstić information content (AvgIpc) is 3.38. The number of guanidine groups is 1. The van der Waals surface area contributed by atoms with E-state index in [9.17, 15) is 9.18 Å². The number of amides is 1. The molecule has 2 unspecified atom stereocenters. The van der Waals surface area contributed by atoms with Crippen molar-refractivity contribution in [3.63, 3.8) is 0 Å². The number of carbonyl (C=O) groups is 1. The van der Waals surface area contributed by atoms with Crippen LogP contribution in [0.15, 0.2) is 29.3 Å². The molecule has 1 amide bonds. The SMILES string of the molecule is CN=C(NCC(c1ccc(F)cc1)N1CCOCC1)N1CCN(C(=O)C2CCCO2)CC1. The number of nitrogens with one attached hydrogen (secondary N) is 1. The van der Waals surface area contributed by atoms with E-state index in [1.54, 1.807) is 7.05 Å². The molecule has 3 saturated heterocycles. The first-order valence-corrected chi connectivity index (χ1v) is 11.6. The van der Waals surface area contributed by atoms with E-state index >= 15 is 0 Å². The molecule has 3 aliphatic rings. The summed E-state index contributed by atoms with van der Waals surface area (Å²) >= 11 is 0. The van der Waals surface area contributed by atoms with Gasteiger partial charge in [-0.05, 0) is 30.5 Å². The van der Waals surface area contributed by atoms with Crippen molar-refractivity contribution in [3.05, 3.63) is 35.6 Å². The van der Waals surface area contributed by atoms with Gasteiger partial charge in [0.25, 0.3) is 5.91 Å². The van der Waals surface area contributed by atoms with Crippen molar-refractivity contribution in [1.82, 2.24) is 20.0 Å². The van der Waals surface area contributed by atoms with Crippen molar-refractivity contribution < 1.29 is 18.7 Å². The van der Waals surface area contributed by atoms with Gasteiger partial charge in [0.05, 0.1) is 19.3 Å². The van der Waals surface area contributed by atoms with E-state index in [1.165, 1.54) is 12.1 Å². The fourth-order valence-electron chi connectivity index (χ4n) is 4.67. The molecule has 4 rings (SSSR count). The summed E-state index contributed by atoms with van der Waals surface area (Å²) < 4.78 is 24.6. The van der Waals surface area contributed by atoms with Gasteiger partial charge in [-0.3, -0.25) is 14.7 Å². The summed E-state index contributed by atoms with van der Waals surface area (Å²) in [5, 5.41) is 3.52. The number of carbonyl (C=O) groups excluding carboxylic acids is 1. The maximum Gasteiger partial charge on any atom is 0.251 e. The topological polar surface area (TPSA) is 69.6 Å². The van der Waals surface area contributed by atoms with E-state index in [1.807, 2.05) is 17.0 Å². The van der Waals surface area contributed by atoms with Crippen LogP contribution in [-0.2, 0) is 14.3 Å². The molecule has 0 bridgehead atoms. The molecule has 2 atom stereocenters. The largest absolute Gasteiger partial charge is 0.379 e. The lowest BCUT2D eigenvalue weighted by Crippen LogP contribution is -2.56. The van der Waals surface area contributed by atoms with E-state index in [2.05, 4.69) is 20.1 Å². The van der Waals surface area contributed by atoms with E-state index < -0.39 is 0 Å². The molecule has 0 aliphatic carbocycles. The number of morpholine rings is 1. The number of halogens is 1. The predicted molar refractivity (Wildman–Crippen MR) is 120 cm³/mol. The second-order valence-electron chi connectivity index (χ2n) is 8.46. The zero-order valence-electron chi connectivity index (χ0n) is 18.8. The average molecular weight is 448 g/mol. The van der Waals surface area contributed by atoms with Crippen molar-refractivity contribution >= 4 is 11.9 Å². The molecule has 3 heterocycles. The molecular weight excluding hydrogens is 413 g/mol. The highest BCUT2D eigenvalue weighted by atomic mass is 19.1. The Kier molecular flexibility index (Phi) is 7.94. The van der Waals surface area contributed by atoms with Gasteiger partial charge in [0.2, 0.25) is 0 Å². The summed E-state index contributed by atoms with van der Waals surface area (Å²) in [7, 11) is 1.79. The third-order valence-electron chi connectivity index (χ3n) is 6.50. The van der Waals surface area contributed by atoms with Gasteiger partial charge in [-0.15, -0.1) is 0 Å². The molecule has 32 heavy (non-hydrogen) atoms. The molecule has 1 aromatic rings. The zero-order chi connectivity index (χ0) is 22.3. The van der Waals surface area contributed by atoms with E-state index in [-0.39, 0.29) is 23.9 Å². The van der Waals surface area contributed by atoms with Gasteiger partial charge < -0.3 is 24.6 Å². The van der Waals surface area contributed by atoms with Gasteiger partial charge in [-0.1, -0.05) is 12.1 Å². The van der Waals surface area contributed by atoms with Crippen molar-refractivity contribution in [2.24, 2.45) is 4.99 Å². The zero-order valence-corrected chi connectivity index (χ0v) is 18.8. The van der Waals surface area contributed by atoms with Gasteiger partial charge in [-0.2, -0.15) is 0 Å². The monoisotopic (exact) mass is 447 g/mol. The minimum absolute atomic E-state index is 0.0960. The van der Waals surface area contributed by atoms with Crippen LogP contribution >= 0.6 is 0 Å². The normalized spacial score (nSPS) is 23.9. The van der Waals surface area contributed by atoms with Crippen molar-refractivity contribution in [2.75, 3.05) is 72.7 Å². The van der Waals surface area contributed by atoms with E-state index in [4.69, 9.17) is 9.47 Å². The quantitative estimate of drug-likeness (QED) is 0.539. The fourth-order valence-corrected chi connectivity index (χ4v) is 4.67. The molecule has 9 heteroatoms. The van der Waals surface area contributed by atoms with Crippen LogP contribution < -0.4 is 5.32 Å². The minimum Gasteiger partial charge on any atom is -0.379 e. The van der Waals surface area contributed by atoms with Crippen LogP contribution in [0.25, 0.3) is 0 Å². The summed E-state index contributed by atoms with van der Waals surface area (Å²) in [6.07, 6.45) is 1.53. The number of aliphatic imine (C=N–C) groups is 1. The van der Waals surface area contributed by atoms with Crippen LogP contribution in [0.4, 0.5) is 4.39 Å². The van der Waals surface area contributed by atoms with E-state index in [0.717, 1.165) is 50.5 Å². The first-order chi connectivity index (χ1) is 15.7. The third kappa shape index (κ3) is 5.57. The number of benzene rings is 1. The number of ether oxygens (including phenoxy) is 2. The smallest absolute Gasteiger partial charge is 0.251 e. The Morgan fingerprint density at radius 1 is 1.09 bits per heavy atom. The molecule has 1 aromatic carbocycles. The van der Waals surface area contributed by atoms with Crippen LogP contribution in [-0.4, -0.2) is 105 Å². The maximum absolute atomic E-state index is 13.5. The summed E-state index contributed by atoms with van der Waals surface area (Å²) in [5.74, 6) is 0.719. The summed E-state index contributed by atoms with van der Waals surface area (Å²) in [4.78, 5) is 23.6. The second kappa shape index (κ2) is 11.1. The molecular formula is C23H34FN5O3. The van der Waals surface area contributed by atoms with Crippen LogP contribution in [0.1, 0.15) is 24.4 Å². The lowest BCUT2D eigenvalue weighted by Gasteiger charge is -2.39. The molecule has 0 radical (unpaired) electrons. The molecule has 0 saturated carbocycles. The molecule has 1 N–H and O–H groups in total. The first kappa shape index (κ1) is 22.9. The number of hydrogen-bond donors (Lipinski definition) is 1. The first-order valence-electron chi connectivity index (χ1n) is 11.6. The lowest BCUT2D eigenvalue weighted by molar-refractivity contribution is -0.142. The highest BCUT2D eigenvalue weighted by Crippen LogP contribution is 2.22. The Hall–Kier alpha value is -2.23. The Bertz CT molecular complexity index is 770. The highest BCUT2D eigenvalue weighted by Gasteiger charge is 2.31. The number of piperazine rings is 1. The van der Waals surface area contributed by atoms with Gasteiger partial charge in [0.15, 0.2) is 5.96 Å². The summed E-state index contributed by atoms with van der Waals surface area (Å²) in [6.45, 7) is 7.24. The number of rotatable bonds is 5. The Labute approximate surface area is 189 Å². The van der Waals surface area contributed by atoms with Gasteiger partial charge in [0.1, 0.15) is 11.9 Å². The Balaban J connectivity index is 1.34. The Morgan fingerprint density at radius 2 is 1.78 bits per heavy atom. The third-order valence-corrected chi connectivity index (χ3v) is 6.50. The van der Waals surface area contributed by atoms with Gasteiger partial charge >= 0.3 is 0 Å². The minimum atomic E-state index is -0.260. The molecule has 3 aliphatic heterocycles. The van der Waals surface area contributed by atoms with E-state index in [0.29, 0.717) is 39.5 Å². The molecule has 0 spiro atoms. The summed E-state index contributed by atoms with van der Waals surface area (Å²) in [6, 6.07) is 6.84. The highest BCUT2D eigenvalue weighted by molar-refractivity contribution is 5.82. The second-order valence-corrected chi connectivity index (χ2v) is 8.46. The molecule has 3 fully saturated rings. The Morgan fingerprint density at radius 3 is 2.41 bits per heavy atom. The number of nitrogens with zero attached hydrogens (tertiary/aromatic N) is 4. The van der Waals surface area contributed by atoms with Gasteiger partial charge in [0, 0.05) is 59.5 Å². The van der Waals surface area contributed by atoms with Crippen molar-refractivity contribution in [1.29, 1.82) is 0 Å². The lowest BCUT2D eigenvalue weighted by atomic mass is 10.0. The number of hydrogen-bond acceptors (Lipinski definition) is 5. The van der Waals surface area contributed by atoms with Crippen LogP contribution in [0.2, 0.25) is 0 Å². The standard InChI is InChI=1S/C23H34FN5O3/c1-25-23(29-10-8-28(9-11-29)22(30)21-3-2-14-32-21)26-17-20(27-12-15-31-16-13-27)18-4-6-19(24)7-5-18/h4-7,20-21H,2-3,8-17H2,1H3,(H,25,26). The van der Waals surface area contributed by atoms with Crippen molar-refractivity contribution in [3.8, 4) is 0 Å². The van der Waals surface area contributed by atoms with Gasteiger partial charge in [-0.25, -0.2) is 4.39 Å². The van der Waals surface area contributed by atoms with Crippen molar-refractivity contribution in [2.45, 2.75) is 25.0 Å². The van der Waals surface area contributed by atoms with Crippen LogP contribution in [0, 0.1) is 5.82 Å². The fraction of sp³-hybridized carbons (Fsp3) is 0.652. The maximum atomic E-state index is 13.5. The molecule has 0 aromatic heterocycles. The summed E-state index contributed by atoms with van der Waals surface area (Å²) in [5.41, 5.74) is 1.07.